The number of thiophene rings is 1. The molecule has 6 heteroatoms. The molecule has 0 radical (unpaired) electrons. The number of aryl methyl sites for hydroxylation is 2. The van der Waals surface area contributed by atoms with Crippen LogP contribution in [0, 0.1) is 13.8 Å². The molecule has 2 aliphatic carbocycles. The summed E-state index contributed by atoms with van der Waals surface area (Å²) in [5.41, 5.74) is 6.05. The predicted octanol–water partition coefficient (Wildman–Crippen LogP) is 5.64. The quantitative estimate of drug-likeness (QED) is 0.342. The van der Waals surface area contributed by atoms with Gasteiger partial charge in [0, 0.05) is 21.4 Å². The Balaban J connectivity index is 1.39. The maximum Gasteiger partial charge on any atom is 0.318 e. The Kier molecular flexibility index (Phi) is 5.10. The van der Waals surface area contributed by atoms with Gasteiger partial charge in [-0.25, -0.2) is 9.97 Å². The second-order valence-electron chi connectivity index (χ2n) is 9.77. The van der Waals surface area contributed by atoms with E-state index < -0.39 is 5.41 Å². The first-order valence-corrected chi connectivity index (χ1v) is 13.0. The van der Waals surface area contributed by atoms with Crippen molar-refractivity contribution >= 4 is 28.5 Å². The highest BCUT2D eigenvalue weighted by molar-refractivity contribution is 7.12. The molecule has 34 heavy (non-hydrogen) atoms. The monoisotopic (exact) mass is 471 g/mol. The van der Waals surface area contributed by atoms with Crippen molar-refractivity contribution in [1.82, 2.24) is 14.5 Å². The zero-order valence-electron chi connectivity index (χ0n) is 19.9. The number of carbonyl (C=O) groups excluding carboxylic acids is 1. The lowest BCUT2D eigenvalue weighted by Gasteiger charge is -2.25. The van der Waals surface area contributed by atoms with Crippen molar-refractivity contribution in [2.24, 2.45) is 0 Å². The van der Waals surface area contributed by atoms with Gasteiger partial charge in [0.25, 0.3) is 0 Å². The summed E-state index contributed by atoms with van der Waals surface area (Å²) in [6.45, 7) is 7.17. The molecule has 0 amide bonds. The van der Waals surface area contributed by atoms with Crippen LogP contribution in [0.3, 0.4) is 0 Å². The van der Waals surface area contributed by atoms with Gasteiger partial charge in [-0.1, -0.05) is 24.3 Å². The minimum atomic E-state index is -0.635. The number of ether oxygens (including phenoxy) is 1. The van der Waals surface area contributed by atoms with E-state index in [0.717, 1.165) is 34.1 Å². The number of carbonyl (C=O) groups is 1. The molecule has 3 heterocycles. The number of hydrogen-bond donors (Lipinski definition) is 0. The van der Waals surface area contributed by atoms with Crippen LogP contribution in [0.5, 0.6) is 0 Å². The molecule has 0 N–H and O–H groups in total. The van der Waals surface area contributed by atoms with Crippen LogP contribution in [-0.4, -0.2) is 27.1 Å². The fraction of sp³-hybridized carbons (Fsp3) is 0.393. The van der Waals surface area contributed by atoms with Crippen LogP contribution < -0.4 is 0 Å². The summed E-state index contributed by atoms with van der Waals surface area (Å²) in [5.74, 6) is 1.57. The van der Waals surface area contributed by atoms with Crippen LogP contribution in [0.4, 0.5) is 0 Å². The first-order chi connectivity index (χ1) is 16.5. The average molecular weight is 472 g/mol. The molecule has 0 aliphatic heterocycles. The van der Waals surface area contributed by atoms with E-state index in [9.17, 15) is 4.79 Å². The van der Waals surface area contributed by atoms with Crippen LogP contribution >= 0.6 is 11.3 Å². The zero-order chi connectivity index (χ0) is 23.4. The van der Waals surface area contributed by atoms with Crippen molar-refractivity contribution < 1.29 is 9.53 Å². The normalized spacial score (nSPS) is 16.7. The van der Waals surface area contributed by atoms with Crippen LogP contribution in [0.25, 0.3) is 11.2 Å². The van der Waals surface area contributed by atoms with E-state index in [1.54, 1.807) is 11.3 Å². The third-order valence-corrected chi connectivity index (χ3v) is 8.48. The highest BCUT2D eigenvalue weighted by atomic mass is 32.1. The van der Waals surface area contributed by atoms with Crippen molar-refractivity contribution in [2.75, 3.05) is 6.61 Å². The molecule has 1 aromatic carbocycles. The number of rotatable bonds is 6. The van der Waals surface area contributed by atoms with Gasteiger partial charge in [0.2, 0.25) is 0 Å². The molecule has 4 aromatic rings. The smallest absolute Gasteiger partial charge is 0.318 e. The summed E-state index contributed by atoms with van der Waals surface area (Å²) in [6, 6.07) is 14.8. The lowest BCUT2D eigenvalue weighted by molar-refractivity contribution is -0.149. The molecule has 2 aliphatic rings. The SMILES string of the molecule is CCOC(=O)C1(c2ccc(Cn3c(C4CC4)nc4c(C)cc(C)nc43)s2)Cc2ccccc2C1. The molecular weight excluding hydrogens is 442 g/mol. The second kappa shape index (κ2) is 8.05. The van der Waals surface area contributed by atoms with E-state index in [0.29, 0.717) is 25.4 Å². The molecule has 0 spiro atoms. The number of benzene rings is 1. The van der Waals surface area contributed by atoms with Crippen molar-refractivity contribution in [1.29, 1.82) is 0 Å². The number of nitrogens with zero attached hydrogens (tertiary/aromatic N) is 3. The first-order valence-electron chi connectivity index (χ1n) is 12.2. The van der Waals surface area contributed by atoms with Gasteiger partial charge in [-0.05, 0) is 81.3 Å². The predicted molar refractivity (Wildman–Crippen MR) is 135 cm³/mol. The third-order valence-electron chi connectivity index (χ3n) is 7.21. The van der Waals surface area contributed by atoms with E-state index in [4.69, 9.17) is 14.7 Å². The molecule has 0 unspecified atom stereocenters. The van der Waals surface area contributed by atoms with E-state index in [2.05, 4.69) is 54.0 Å². The van der Waals surface area contributed by atoms with Crippen molar-refractivity contribution in [2.45, 2.75) is 64.3 Å². The van der Waals surface area contributed by atoms with Gasteiger partial charge in [-0.15, -0.1) is 11.3 Å². The van der Waals surface area contributed by atoms with Gasteiger partial charge in [0.1, 0.15) is 16.8 Å². The Morgan fingerprint density at radius 2 is 1.85 bits per heavy atom. The number of esters is 1. The fourth-order valence-corrected chi connectivity index (χ4v) is 6.58. The highest BCUT2D eigenvalue weighted by Crippen LogP contribution is 2.45. The fourth-order valence-electron chi connectivity index (χ4n) is 5.41. The molecule has 0 saturated heterocycles. The van der Waals surface area contributed by atoms with E-state index in [1.807, 2.05) is 13.8 Å². The number of imidazole rings is 1. The summed E-state index contributed by atoms with van der Waals surface area (Å²) in [7, 11) is 0. The van der Waals surface area contributed by atoms with E-state index in [-0.39, 0.29) is 5.97 Å². The molecule has 6 rings (SSSR count). The van der Waals surface area contributed by atoms with E-state index in [1.165, 1.54) is 34.4 Å². The van der Waals surface area contributed by atoms with Crippen molar-refractivity contribution in [3.05, 3.63) is 80.4 Å². The third kappa shape index (κ3) is 3.47. The number of fused-ring (bicyclic) bond motifs is 2. The standard InChI is InChI=1S/C28H29N3O2S/c1-4-33-27(32)28(14-20-7-5-6-8-21(20)15-28)23-12-11-22(34-23)16-31-25(19-9-10-19)30-24-17(2)13-18(3)29-26(24)31/h5-8,11-13,19H,4,9-10,14-16H2,1-3H3. The number of hydrogen-bond acceptors (Lipinski definition) is 5. The van der Waals surface area contributed by atoms with Crippen LogP contribution in [0.1, 0.15) is 63.6 Å². The second-order valence-corrected chi connectivity index (χ2v) is 10.9. The van der Waals surface area contributed by atoms with Crippen LogP contribution in [0.15, 0.2) is 42.5 Å². The van der Waals surface area contributed by atoms with Crippen LogP contribution in [0.2, 0.25) is 0 Å². The topological polar surface area (TPSA) is 57.0 Å². The Morgan fingerprint density at radius 1 is 1.12 bits per heavy atom. The van der Waals surface area contributed by atoms with Gasteiger partial charge in [-0.3, -0.25) is 4.79 Å². The molecule has 174 valence electrons. The number of pyridine rings is 1. The summed E-state index contributed by atoms with van der Waals surface area (Å²) in [4.78, 5) is 25.5. The summed E-state index contributed by atoms with van der Waals surface area (Å²) >= 11 is 1.73. The largest absolute Gasteiger partial charge is 0.465 e. The van der Waals surface area contributed by atoms with Crippen LogP contribution in [-0.2, 0) is 34.3 Å². The minimum Gasteiger partial charge on any atom is -0.465 e. The lowest BCUT2D eigenvalue weighted by Crippen LogP contribution is -2.37. The molecule has 5 nitrogen and oxygen atoms in total. The number of aromatic nitrogens is 3. The van der Waals surface area contributed by atoms with Crippen molar-refractivity contribution in [3.8, 4) is 0 Å². The molecule has 1 fully saturated rings. The Labute approximate surface area is 203 Å². The summed E-state index contributed by atoms with van der Waals surface area (Å²) in [5, 5.41) is 0. The van der Waals surface area contributed by atoms with Gasteiger partial charge in [0.05, 0.1) is 13.2 Å². The van der Waals surface area contributed by atoms with Gasteiger partial charge in [0.15, 0.2) is 5.65 Å². The zero-order valence-corrected chi connectivity index (χ0v) is 20.7. The summed E-state index contributed by atoms with van der Waals surface area (Å²) in [6.07, 6.45) is 3.79. The van der Waals surface area contributed by atoms with Gasteiger partial charge < -0.3 is 9.30 Å². The Morgan fingerprint density at radius 3 is 2.53 bits per heavy atom. The molecule has 0 bridgehead atoms. The molecular formula is C28H29N3O2S. The van der Waals surface area contributed by atoms with Crippen molar-refractivity contribution in [3.63, 3.8) is 0 Å². The highest BCUT2D eigenvalue weighted by Gasteiger charge is 2.47. The minimum absolute atomic E-state index is 0.112. The Hall–Kier alpha value is -2.99. The molecule has 3 aromatic heterocycles. The molecule has 1 saturated carbocycles. The Bertz CT molecular complexity index is 1390. The first kappa shape index (κ1) is 21.5. The van der Waals surface area contributed by atoms with Gasteiger partial charge in [-0.2, -0.15) is 0 Å². The maximum absolute atomic E-state index is 13.3. The molecule has 0 atom stereocenters. The summed E-state index contributed by atoms with van der Waals surface area (Å²) < 4.78 is 7.92. The average Bonchev–Trinajstić information content (AvgIpc) is 3.25. The maximum atomic E-state index is 13.3. The van der Waals surface area contributed by atoms with Gasteiger partial charge >= 0.3 is 5.97 Å². The van der Waals surface area contributed by atoms with E-state index >= 15 is 0 Å². The lowest BCUT2D eigenvalue weighted by atomic mass is 9.83.